The minimum absolute atomic E-state index is 0.0192. The third-order valence-corrected chi connectivity index (χ3v) is 6.33. The van der Waals surface area contributed by atoms with Crippen LogP contribution in [0.5, 0.6) is 17.2 Å². The number of ketones is 1. The summed E-state index contributed by atoms with van der Waals surface area (Å²) in [5.74, 6) is 2.05. The van der Waals surface area contributed by atoms with Crippen molar-refractivity contribution in [2.24, 2.45) is 0 Å². The second-order valence-corrected chi connectivity index (χ2v) is 8.94. The van der Waals surface area contributed by atoms with Crippen molar-refractivity contribution in [3.8, 4) is 17.2 Å². The molecule has 0 aromatic heterocycles. The maximum atomic E-state index is 13.1. The Morgan fingerprint density at radius 3 is 2.47 bits per heavy atom. The van der Waals surface area contributed by atoms with Gasteiger partial charge in [-0.3, -0.25) is 9.69 Å². The summed E-state index contributed by atoms with van der Waals surface area (Å²) >= 11 is 0. The van der Waals surface area contributed by atoms with Crippen molar-refractivity contribution in [1.29, 1.82) is 0 Å². The molecule has 1 saturated heterocycles. The summed E-state index contributed by atoms with van der Waals surface area (Å²) in [4.78, 5) is 15.5. The predicted molar refractivity (Wildman–Crippen MR) is 139 cm³/mol. The van der Waals surface area contributed by atoms with E-state index < -0.39 is 0 Å². The number of carbonyl (C=O) groups excluding carboxylic acids is 1. The van der Waals surface area contributed by atoms with Gasteiger partial charge in [0, 0.05) is 31.3 Å². The van der Waals surface area contributed by atoms with E-state index in [4.69, 9.17) is 18.9 Å². The van der Waals surface area contributed by atoms with Gasteiger partial charge in [0.25, 0.3) is 0 Å². The van der Waals surface area contributed by atoms with Crippen molar-refractivity contribution < 1.29 is 23.7 Å². The molecule has 3 aromatic carbocycles. The second-order valence-electron chi connectivity index (χ2n) is 8.94. The molecule has 0 saturated carbocycles. The number of carbonyl (C=O) groups is 1. The number of hydrogen-bond donors (Lipinski definition) is 0. The van der Waals surface area contributed by atoms with E-state index in [1.165, 1.54) is 0 Å². The molecule has 0 N–H and O–H groups in total. The van der Waals surface area contributed by atoms with Crippen LogP contribution in [-0.2, 0) is 11.3 Å². The highest BCUT2D eigenvalue weighted by molar-refractivity contribution is 6.14. The SMILES string of the molecule is O=C1C(=Cc2ccc(OCCCN3CCOCC3)cc2)COc2cc(OCc3ccccc3)ccc21. The smallest absolute Gasteiger partial charge is 0.196 e. The average molecular weight is 486 g/mol. The molecule has 0 amide bonds. The first-order chi connectivity index (χ1) is 17.7. The first-order valence-electron chi connectivity index (χ1n) is 12.5. The molecule has 2 heterocycles. The molecule has 2 aliphatic rings. The van der Waals surface area contributed by atoms with Gasteiger partial charge in [0.2, 0.25) is 0 Å². The molecular weight excluding hydrogens is 454 g/mol. The minimum Gasteiger partial charge on any atom is -0.494 e. The largest absolute Gasteiger partial charge is 0.494 e. The zero-order valence-electron chi connectivity index (χ0n) is 20.4. The zero-order chi connectivity index (χ0) is 24.6. The molecular formula is C30H31NO5. The van der Waals surface area contributed by atoms with Gasteiger partial charge in [-0.15, -0.1) is 0 Å². The number of fused-ring (bicyclic) bond motifs is 1. The van der Waals surface area contributed by atoms with E-state index in [1.54, 1.807) is 12.1 Å². The van der Waals surface area contributed by atoms with Gasteiger partial charge in [0.15, 0.2) is 5.78 Å². The van der Waals surface area contributed by atoms with Crippen LogP contribution in [0.15, 0.2) is 78.4 Å². The number of nitrogens with zero attached hydrogens (tertiary/aromatic N) is 1. The molecule has 0 aliphatic carbocycles. The molecule has 2 aliphatic heterocycles. The van der Waals surface area contributed by atoms with Gasteiger partial charge in [-0.25, -0.2) is 0 Å². The molecule has 6 nitrogen and oxygen atoms in total. The van der Waals surface area contributed by atoms with Crippen LogP contribution in [0, 0.1) is 0 Å². The van der Waals surface area contributed by atoms with Crippen LogP contribution in [0.2, 0.25) is 0 Å². The lowest BCUT2D eigenvalue weighted by Gasteiger charge is -2.26. The number of rotatable bonds is 9. The number of Topliss-reactive ketones (excluding diaryl/α,β-unsaturated/α-hetero) is 1. The minimum atomic E-state index is -0.0192. The highest BCUT2D eigenvalue weighted by Crippen LogP contribution is 2.32. The van der Waals surface area contributed by atoms with Crippen LogP contribution in [0.4, 0.5) is 0 Å². The Labute approximate surface area is 212 Å². The van der Waals surface area contributed by atoms with Crippen LogP contribution in [0.1, 0.15) is 27.9 Å². The Morgan fingerprint density at radius 2 is 1.67 bits per heavy atom. The summed E-state index contributed by atoms with van der Waals surface area (Å²) in [5, 5.41) is 0. The van der Waals surface area contributed by atoms with E-state index in [2.05, 4.69) is 4.90 Å². The molecule has 0 spiro atoms. The monoisotopic (exact) mass is 485 g/mol. The molecule has 186 valence electrons. The van der Waals surface area contributed by atoms with Gasteiger partial charge < -0.3 is 18.9 Å². The number of morpholine rings is 1. The maximum Gasteiger partial charge on any atom is 0.196 e. The van der Waals surface area contributed by atoms with Gasteiger partial charge in [-0.2, -0.15) is 0 Å². The van der Waals surface area contributed by atoms with Crippen molar-refractivity contribution in [1.82, 2.24) is 4.90 Å². The third-order valence-electron chi connectivity index (χ3n) is 6.33. The Balaban J connectivity index is 1.14. The fourth-order valence-electron chi connectivity index (χ4n) is 4.31. The van der Waals surface area contributed by atoms with Crippen LogP contribution in [0.3, 0.4) is 0 Å². The average Bonchev–Trinajstić information content (AvgIpc) is 2.93. The molecule has 0 radical (unpaired) electrons. The zero-order valence-corrected chi connectivity index (χ0v) is 20.4. The summed E-state index contributed by atoms with van der Waals surface area (Å²) < 4.78 is 23.0. The van der Waals surface area contributed by atoms with Gasteiger partial charge in [-0.1, -0.05) is 42.5 Å². The quantitative estimate of drug-likeness (QED) is 0.313. The van der Waals surface area contributed by atoms with Crippen LogP contribution in [0.25, 0.3) is 6.08 Å². The molecule has 36 heavy (non-hydrogen) atoms. The van der Waals surface area contributed by atoms with Gasteiger partial charge in [-0.05, 0) is 47.9 Å². The molecule has 0 unspecified atom stereocenters. The number of ether oxygens (including phenoxy) is 4. The van der Waals surface area contributed by atoms with Crippen molar-refractivity contribution in [2.75, 3.05) is 46.1 Å². The molecule has 3 aromatic rings. The maximum absolute atomic E-state index is 13.1. The van der Waals surface area contributed by atoms with E-state index in [1.807, 2.05) is 66.7 Å². The lowest BCUT2D eigenvalue weighted by Crippen LogP contribution is -2.37. The number of hydrogen-bond acceptors (Lipinski definition) is 6. The third kappa shape index (κ3) is 6.33. The van der Waals surface area contributed by atoms with Crippen molar-refractivity contribution in [3.63, 3.8) is 0 Å². The second kappa shape index (κ2) is 11.9. The van der Waals surface area contributed by atoms with Crippen molar-refractivity contribution in [3.05, 3.63) is 95.1 Å². The molecule has 5 rings (SSSR count). The first-order valence-corrected chi connectivity index (χ1v) is 12.5. The molecule has 0 atom stereocenters. The van der Waals surface area contributed by atoms with Crippen LogP contribution in [-0.4, -0.2) is 56.7 Å². The van der Waals surface area contributed by atoms with E-state index >= 15 is 0 Å². The van der Waals surface area contributed by atoms with Crippen LogP contribution >= 0.6 is 0 Å². The number of benzene rings is 3. The highest BCUT2D eigenvalue weighted by atomic mass is 16.5. The lowest BCUT2D eigenvalue weighted by atomic mass is 9.98. The van der Waals surface area contributed by atoms with E-state index in [0.29, 0.717) is 35.8 Å². The van der Waals surface area contributed by atoms with Crippen LogP contribution < -0.4 is 14.2 Å². The van der Waals surface area contributed by atoms with E-state index in [9.17, 15) is 4.79 Å². The predicted octanol–water partition coefficient (Wildman–Crippen LogP) is 5.03. The first kappa shape index (κ1) is 24.1. The standard InChI is InChI=1S/C30H31NO5/c32-30-25(19-23-7-9-26(10-8-23)34-16-4-13-31-14-17-33-18-15-31)22-36-29-20-27(11-12-28(29)30)35-21-24-5-2-1-3-6-24/h1-3,5-12,19-20H,4,13-18,21-22H2. The summed E-state index contributed by atoms with van der Waals surface area (Å²) in [5.41, 5.74) is 3.20. The molecule has 6 heteroatoms. The van der Waals surface area contributed by atoms with Gasteiger partial charge >= 0.3 is 0 Å². The van der Waals surface area contributed by atoms with Gasteiger partial charge in [0.1, 0.15) is 30.5 Å². The normalized spacial score (nSPS) is 16.9. The Bertz CT molecular complexity index is 1180. The summed E-state index contributed by atoms with van der Waals surface area (Å²) in [6.07, 6.45) is 2.86. The summed E-state index contributed by atoms with van der Waals surface area (Å²) in [6.45, 7) is 6.04. The topological polar surface area (TPSA) is 57.2 Å². The Kier molecular flexibility index (Phi) is 7.96. The van der Waals surface area contributed by atoms with Crippen molar-refractivity contribution >= 4 is 11.9 Å². The summed E-state index contributed by atoms with van der Waals surface area (Å²) in [6, 6.07) is 23.2. The Morgan fingerprint density at radius 1 is 0.889 bits per heavy atom. The highest BCUT2D eigenvalue weighted by Gasteiger charge is 2.24. The van der Waals surface area contributed by atoms with E-state index in [-0.39, 0.29) is 12.4 Å². The lowest BCUT2D eigenvalue weighted by molar-refractivity contribution is 0.0358. The molecule has 0 bridgehead atoms. The fraction of sp³-hybridized carbons (Fsp3) is 0.300. The van der Waals surface area contributed by atoms with Gasteiger partial charge in [0.05, 0.1) is 25.4 Å². The summed E-state index contributed by atoms with van der Waals surface area (Å²) in [7, 11) is 0. The Hall–Kier alpha value is -3.61. The fourth-order valence-corrected chi connectivity index (χ4v) is 4.31. The molecule has 1 fully saturated rings. The van der Waals surface area contributed by atoms with E-state index in [0.717, 1.165) is 56.1 Å². The van der Waals surface area contributed by atoms with Crippen molar-refractivity contribution in [2.45, 2.75) is 13.0 Å².